The van der Waals surface area contributed by atoms with Crippen LogP contribution in [0, 0.1) is 0 Å². The van der Waals surface area contributed by atoms with Crippen molar-refractivity contribution in [3.05, 3.63) is 36.4 Å². The average Bonchev–Trinajstić information content (AvgIpc) is 2.76. The number of nitrogens with zero attached hydrogens (tertiary/aromatic N) is 1. The van der Waals surface area contributed by atoms with E-state index >= 15 is 0 Å². The van der Waals surface area contributed by atoms with Gasteiger partial charge in [0.15, 0.2) is 6.39 Å². The fourth-order valence-electron chi connectivity index (χ4n) is 1.48. The van der Waals surface area contributed by atoms with Crippen molar-refractivity contribution in [3.63, 3.8) is 0 Å². The normalized spacial score (nSPS) is 10.3. The number of hydrogen-bond acceptors (Lipinski definition) is 4. The van der Waals surface area contributed by atoms with Gasteiger partial charge in [-0.2, -0.15) is 0 Å². The van der Waals surface area contributed by atoms with E-state index in [1.807, 2.05) is 24.3 Å². The number of rotatable bonds is 3. The lowest BCUT2D eigenvalue weighted by Gasteiger charge is -2.05. The van der Waals surface area contributed by atoms with Gasteiger partial charge in [-0.15, -0.1) is 0 Å². The van der Waals surface area contributed by atoms with Gasteiger partial charge >= 0.3 is 0 Å². The van der Waals surface area contributed by atoms with Gasteiger partial charge in [0, 0.05) is 5.56 Å². The fourth-order valence-corrected chi connectivity index (χ4v) is 1.48. The van der Waals surface area contributed by atoms with Crippen LogP contribution in [0.2, 0.25) is 0 Å². The molecule has 1 heterocycles. The Morgan fingerprint density at radius 1 is 1.40 bits per heavy atom. The molecule has 15 heavy (non-hydrogen) atoms. The van der Waals surface area contributed by atoms with Gasteiger partial charge < -0.3 is 14.9 Å². The molecule has 0 saturated heterocycles. The third kappa shape index (κ3) is 1.71. The van der Waals surface area contributed by atoms with Crippen LogP contribution in [0.4, 0.5) is 0 Å². The smallest absolute Gasteiger partial charge is 0.181 e. The molecule has 0 saturated carbocycles. The molecule has 2 rings (SSSR count). The zero-order valence-corrected chi connectivity index (χ0v) is 8.43. The maximum absolute atomic E-state index is 5.55. The molecule has 78 valence electrons. The van der Waals surface area contributed by atoms with E-state index in [2.05, 4.69) is 4.98 Å². The zero-order chi connectivity index (χ0) is 10.7. The van der Waals surface area contributed by atoms with Crippen molar-refractivity contribution in [3.8, 4) is 17.0 Å². The first-order valence-electron chi connectivity index (χ1n) is 4.62. The molecule has 0 spiro atoms. The van der Waals surface area contributed by atoms with Crippen LogP contribution in [-0.4, -0.2) is 12.1 Å². The van der Waals surface area contributed by atoms with Crippen molar-refractivity contribution in [2.24, 2.45) is 5.73 Å². The summed E-state index contributed by atoms with van der Waals surface area (Å²) >= 11 is 0. The Kier molecular flexibility index (Phi) is 2.69. The van der Waals surface area contributed by atoms with Crippen molar-refractivity contribution in [1.82, 2.24) is 4.98 Å². The third-order valence-corrected chi connectivity index (χ3v) is 2.19. The predicted octanol–water partition coefficient (Wildman–Crippen LogP) is 1.81. The van der Waals surface area contributed by atoms with Crippen LogP contribution >= 0.6 is 0 Å². The maximum atomic E-state index is 5.55. The van der Waals surface area contributed by atoms with Crippen molar-refractivity contribution >= 4 is 0 Å². The van der Waals surface area contributed by atoms with Crippen LogP contribution in [0.1, 0.15) is 5.76 Å². The number of aromatic nitrogens is 1. The minimum Gasteiger partial charge on any atom is -0.496 e. The van der Waals surface area contributed by atoms with Crippen LogP contribution < -0.4 is 10.5 Å². The molecule has 1 aromatic heterocycles. The summed E-state index contributed by atoms with van der Waals surface area (Å²) in [5.41, 5.74) is 7.19. The Morgan fingerprint density at radius 3 is 2.93 bits per heavy atom. The number of nitrogens with two attached hydrogens (primary N) is 1. The summed E-state index contributed by atoms with van der Waals surface area (Å²) in [4.78, 5) is 4.14. The summed E-state index contributed by atoms with van der Waals surface area (Å²) in [6, 6.07) is 7.64. The molecule has 0 aliphatic rings. The van der Waals surface area contributed by atoms with Crippen LogP contribution in [-0.2, 0) is 6.54 Å². The lowest BCUT2D eigenvalue weighted by Crippen LogP contribution is -1.97. The molecule has 0 aliphatic heterocycles. The highest BCUT2D eigenvalue weighted by atomic mass is 16.5. The van der Waals surface area contributed by atoms with Crippen LogP contribution in [0.3, 0.4) is 0 Å². The lowest BCUT2D eigenvalue weighted by molar-refractivity contribution is 0.416. The van der Waals surface area contributed by atoms with Gasteiger partial charge in [0.25, 0.3) is 0 Å². The molecule has 0 aliphatic carbocycles. The van der Waals surface area contributed by atoms with E-state index in [9.17, 15) is 0 Å². The Bertz CT molecular complexity index is 451. The molecular weight excluding hydrogens is 192 g/mol. The van der Waals surface area contributed by atoms with E-state index in [1.165, 1.54) is 6.39 Å². The van der Waals surface area contributed by atoms with Gasteiger partial charge in [-0.05, 0) is 12.1 Å². The van der Waals surface area contributed by atoms with Gasteiger partial charge in [-0.1, -0.05) is 12.1 Å². The van der Waals surface area contributed by atoms with E-state index in [1.54, 1.807) is 7.11 Å². The molecule has 0 radical (unpaired) electrons. The number of para-hydroxylation sites is 1. The lowest BCUT2D eigenvalue weighted by atomic mass is 10.1. The summed E-state index contributed by atoms with van der Waals surface area (Å²) in [5, 5.41) is 0. The second-order valence-corrected chi connectivity index (χ2v) is 3.03. The van der Waals surface area contributed by atoms with Crippen molar-refractivity contribution in [2.75, 3.05) is 7.11 Å². The molecule has 0 unspecified atom stereocenters. The molecule has 0 amide bonds. The summed E-state index contributed by atoms with van der Waals surface area (Å²) in [6.07, 6.45) is 1.39. The number of methoxy groups -OCH3 is 1. The number of hydrogen-bond donors (Lipinski definition) is 1. The second kappa shape index (κ2) is 4.14. The Balaban J connectivity index is 2.53. The van der Waals surface area contributed by atoms with Crippen LogP contribution in [0.5, 0.6) is 5.75 Å². The standard InChI is InChI=1S/C11H12N2O2/c1-14-9-5-3-2-4-8(9)11-10(6-12)15-7-13-11/h2-5,7H,6,12H2,1H3. The molecule has 4 heteroatoms. The summed E-state index contributed by atoms with van der Waals surface area (Å²) < 4.78 is 10.4. The first-order chi connectivity index (χ1) is 7.36. The summed E-state index contributed by atoms with van der Waals surface area (Å²) in [7, 11) is 1.63. The second-order valence-electron chi connectivity index (χ2n) is 3.03. The first-order valence-corrected chi connectivity index (χ1v) is 4.62. The molecule has 4 nitrogen and oxygen atoms in total. The Morgan fingerprint density at radius 2 is 2.20 bits per heavy atom. The van der Waals surface area contributed by atoms with E-state index in [0.717, 1.165) is 17.0 Å². The highest BCUT2D eigenvalue weighted by Crippen LogP contribution is 2.30. The van der Waals surface area contributed by atoms with E-state index in [0.29, 0.717) is 12.3 Å². The van der Waals surface area contributed by atoms with Crippen molar-refractivity contribution < 1.29 is 9.15 Å². The van der Waals surface area contributed by atoms with Crippen molar-refractivity contribution in [2.45, 2.75) is 6.54 Å². The number of ether oxygens (including phenoxy) is 1. The highest BCUT2D eigenvalue weighted by molar-refractivity contribution is 5.68. The zero-order valence-electron chi connectivity index (χ0n) is 8.43. The largest absolute Gasteiger partial charge is 0.496 e. The molecule has 2 N–H and O–H groups in total. The van der Waals surface area contributed by atoms with Crippen LogP contribution in [0.25, 0.3) is 11.3 Å². The Hall–Kier alpha value is -1.81. The molecule has 1 aromatic carbocycles. The summed E-state index contributed by atoms with van der Waals surface area (Å²) in [5.74, 6) is 1.43. The maximum Gasteiger partial charge on any atom is 0.181 e. The first kappa shape index (κ1) is 9.73. The van der Waals surface area contributed by atoms with Gasteiger partial charge in [-0.25, -0.2) is 4.98 Å². The molecule has 2 aromatic rings. The van der Waals surface area contributed by atoms with Gasteiger partial charge in [0.05, 0.1) is 13.7 Å². The minimum atomic E-state index is 0.327. The fraction of sp³-hybridized carbons (Fsp3) is 0.182. The predicted molar refractivity (Wildman–Crippen MR) is 56.4 cm³/mol. The average molecular weight is 204 g/mol. The number of benzene rings is 1. The molecule has 0 atom stereocenters. The SMILES string of the molecule is COc1ccccc1-c1ncoc1CN. The van der Waals surface area contributed by atoms with E-state index in [-0.39, 0.29) is 0 Å². The van der Waals surface area contributed by atoms with E-state index < -0.39 is 0 Å². The third-order valence-electron chi connectivity index (χ3n) is 2.19. The number of oxazole rings is 1. The monoisotopic (exact) mass is 204 g/mol. The molecule has 0 bridgehead atoms. The quantitative estimate of drug-likeness (QED) is 0.828. The van der Waals surface area contributed by atoms with Crippen LogP contribution in [0.15, 0.2) is 35.1 Å². The summed E-state index contributed by atoms with van der Waals surface area (Å²) in [6.45, 7) is 0.327. The van der Waals surface area contributed by atoms with E-state index in [4.69, 9.17) is 14.9 Å². The highest BCUT2D eigenvalue weighted by Gasteiger charge is 2.12. The van der Waals surface area contributed by atoms with Gasteiger partial charge in [0.1, 0.15) is 17.2 Å². The minimum absolute atomic E-state index is 0.327. The molecular formula is C11H12N2O2. The Labute approximate surface area is 87.7 Å². The molecule has 0 fully saturated rings. The van der Waals surface area contributed by atoms with Gasteiger partial charge in [0.2, 0.25) is 0 Å². The van der Waals surface area contributed by atoms with Crippen molar-refractivity contribution in [1.29, 1.82) is 0 Å². The topological polar surface area (TPSA) is 61.3 Å². The van der Waals surface area contributed by atoms with Gasteiger partial charge in [-0.3, -0.25) is 0 Å².